The molecule has 0 N–H and O–H groups in total. The lowest BCUT2D eigenvalue weighted by Gasteiger charge is -2.03. The molecule has 0 atom stereocenters. The number of hydrogen-bond acceptors (Lipinski definition) is 0. The molecule has 0 nitrogen and oxygen atoms in total. The standard InChI is InChI=1S/C6H8Si.3C6H16Si/c7-6-4-2-1-3-5-6;3*1-4-7(5-2)6-3/h1-5H,7H3;3*7H,4-6H2,1-3H3. The first kappa shape index (κ1) is 32.7. The number of hydrogen-bond donors (Lipinski definition) is 0. The van der Waals surface area contributed by atoms with E-state index in [1.165, 1.54) is 69.8 Å². The van der Waals surface area contributed by atoms with Crippen molar-refractivity contribution in [2.45, 2.75) is 117 Å². The number of rotatable bonds is 9. The summed E-state index contributed by atoms with van der Waals surface area (Å²) >= 11 is 0. The molecule has 0 aliphatic carbocycles. The maximum Gasteiger partial charge on any atom is 0.0384 e. The Morgan fingerprint density at radius 1 is 0.464 bits per heavy atom. The van der Waals surface area contributed by atoms with Crippen LogP contribution in [0.1, 0.15) is 62.3 Å². The molecule has 0 fully saturated rings. The van der Waals surface area contributed by atoms with Gasteiger partial charge in [-0.05, 0) is 0 Å². The summed E-state index contributed by atoms with van der Waals surface area (Å²) in [5.74, 6) is 0. The normalized spacial score (nSPS) is 10.0. The van der Waals surface area contributed by atoms with Crippen LogP contribution in [-0.2, 0) is 0 Å². The topological polar surface area (TPSA) is 0 Å². The zero-order valence-electron chi connectivity index (χ0n) is 21.5. The van der Waals surface area contributed by atoms with Gasteiger partial charge < -0.3 is 0 Å². The molecular formula is C24H56Si4. The van der Waals surface area contributed by atoms with E-state index in [2.05, 4.69) is 86.6 Å². The van der Waals surface area contributed by atoms with Crippen molar-refractivity contribution in [3.8, 4) is 0 Å². The Hall–Kier alpha value is 0.0875. The molecule has 0 aromatic heterocycles. The van der Waals surface area contributed by atoms with Crippen molar-refractivity contribution < 1.29 is 0 Å². The Balaban J connectivity index is -0.000000298. The monoisotopic (exact) mass is 456 g/mol. The Labute approximate surface area is 188 Å². The van der Waals surface area contributed by atoms with Crippen molar-refractivity contribution in [3.63, 3.8) is 0 Å². The molecule has 0 radical (unpaired) electrons. The SMILES string of the molecule is CC[SiH](CC)CC.CC[SiH](CC)CC.CC[SiH](CC)CC.[SiH3]c1ccccc1. The van der Waals surface area contributed by atoms with Gasteiger partial charge in [-0.1, -0.05) is 152 Å². The number of benzene rings is 1. The van der Waals surface area contributed by atoms with Crippen molar-refractivity contribution in [3.05, 3.63) is 30.3 Å². The molecule has 0 saturated heterocycles. The minimum atomic E-state index is -0.171. The van der Waals surface area contributed by atoms with Gasteiger partial charge in [0.2, 0.25) is 0 Å². The third kappa shape index (κ3) is 24.1. The van der Waals surface area contributed by atoms with Crippen molar-refractivity contribution in [1.82, 2.24) is 0 Å². The van der Waals surface area contributed by atoms with E-state index in [0.29, 0.717) is 0 Å². The molecule has 0 aliphatic rings. The zero-order chi connectivity index (χ0) is 22.2. The summed E-state index contributed by atoms with van der Waals surface area (Å²) in [6.45, 7) is 20.9. The summed E-state index contributed by atoms with van der Waals surface area (Å²) in [5, 5.41) is 1.46. The maximum atomic E-state index is 2.32. The average molecular weight is 457 g/mol. The molecule has 168 valence electrons. The van der Waals surface area contributed by atoms with Gasteiger partial charge in [0.15, 0.2) is 0 Å². The van der Waals surface area contributed by atoms with Crippen LogP contribution in [0, 0.1) is 0 Å². The lowest BCUT2D eigenvalue weighted by atomic mass is 10.4. The molecule has 0 aliphatic heterocycles. The fourth-order valence-corrected chi connectivity index (χ4v) is 8.71. The molecule has 0 bridgehead atoms. The van der Waals surface area contributed by atoms with Gasteiger partial charge in [0.05, 0.1) is 0 Å². The van der Waals surface area contributed by atoms with E-state index in [0.717, 1.165) is 0 Å². The first-order valence-electron chi connectivity index (χ1n) is 12.4. The van der Waals surface area contributed by atoms with Gasteiger partial charge in [-0.3, -0.25) is 0 Å². The van der Waals surface area contributed by atoms with E-state index in [1.807, 2.05) is 6.07 Å². The summed E-state index contributed by atoms with van der Waals surface area (Å²) in [5.41, 5.74) is 0. The van der Waals surface area contributed by atoms with E-state index in [9.17, 15) is 0 Å². The van der Waals surface area contributed by atoms with Crippen molar-refractivity contribution in [2.75, 3.05) is 0 Å². The van der Waals surface area contributed by atoms with Gasteiger partial charge in [-0.2, -0.15) is 0 Å². The lowest BCUT2D eigenvalue weighted by Crippen LogP contribution is -2.04. The van der Waals surface area contributed by atoms with Gasteiger partial charge in [0, 0.05) is 36.6 Å². The highest BCUT2D eigenvalue weighted by atomic mass is 28.3. The molecule has 0 saturated carbocycles. The fraction of sp³-hybridized carbons (Fsp3) is 0.750. The van der Waals surface area contributed by atoms with Crippen LogP contribution in [-0.4, -0.2) is 36.6 Å². The smallest absolute Gasteiger partial charge is 0.0384 e. The van der Waals surface area contributed by atoms with E-state index in [4.69, 9.17) is 0 Å². The highest BCUT2D eigenvalue weighted by Gasteiger charge is 1.99. The first-order valence-corrected chi connectivity index (χ1v) is 20.8. The average Bonchev–Trinajstić information content (AvgIpc) is 2.74. The Morgan fingerprint density at radius 2 is 0.679 bits per heavy atom. The highest BCUT2D eigenvalue weighted by Crippen LogP contribution is 2.02. The maximum absolute atomic E-state index is 2.32. The summed E-state index contributed by atoms with van der Waals surface area (Å²) in [7, 11) is 0.660. The summed E-state index contributed by atoms with van der Waals surface area (Å²) in [6, 6.07) is 23.9. The third-order valence-corrected chi connectivity index (χ3v) is 17.2. The van der Waals surface area contributed by atoms with Crippen LogP contribution >= 0.6 is 0 Å². The quantitative estimate of drug-likeness (QED) is 0.372. The molecular weight excluding hydrogens is 401 g/mol. The van der Waals surface area contributed by atoms with Gasteiger partial charge in [-0.25, -0.2) is 0 Å². The van der Waals surface area contributed by atoms with Gasteiger partial charge in [0.25, 0.3) is 0 Å². The van der Waals surface area contributed by atoms with Crippen LogP contribution in [0.5, 0.6) is 0 Å². The van der Waals surface area contributed by atoms with Gasteiger partial charge in [0.1, 0.15) is 0 Å². The molecule has 0 heterocycles. The zero-order valence-corrected chi connectivity index (χ0v) is 26.9. The molecule has 0 spiro atoms. The first-order chi connectivity index (χ1) is 13.4. The molecule has 0 amide bonds. The minimum absolute atomic E-state index is 0.171. The second kappa shape index (κ2) is 27.1. The van der Waals surface area contributed by atoms with E-state index < -0.39 is 0 Å². The van der Waals surface area contributed by atoms with E-state index in [-0.39, 0.29) is 26.4 Å². The largest absolute Gasteiger partial charge is 0.0708 e. The highest BCUT2D eigenvalue weighted by molar-refractivity contribution is 6.59. The van der Waals surface area contributed by atoms with Crippen LogP contribution in [0.3, 0.4) is 0 Å². The molecule has 0 unspecified atom stereocenters. The Kier molecular flexibility index (Phi) is 31.7. The van der Waals surface area contributed by atoms with Crippen LogP contribution in [0.2, 0.25) is 54.4 Å². The van der Waals surface area contributed by atoms with Crippen molar-refractivity contribution in [2.24, 2.45) is 0 Å². The van der Waals surface area contributed by atoms with Crippen molar-refractivity contribution >= 4 is 41.8 Å². The lowest BCUT2D eigenvalue weighted by molar-refractivity contribution is 1.24. The van der Waals surface area contributed by atoms with Crippen LogP contribution in [0.25, 0.3) is 0 Å². The summed E-state index contributed by atoms with van der Waals surface area (Å²) in [6.07, 6.45) is 0. The summed E-state index contributed by atoms with van der Waals surface area (Å²) in [4.78, 5) is 0. The fourth-order valence-electron chi connectivity index (χ4n) is 3.13. The van der Waals surface area contributed by atoms with Crippen LogP contribution < -0.4 is 5.19 Å². The van der Waals surface area contributed by atoms with E-state index >= 15 is 0 Å². The Bertz CT molecular complexity index is 313. The van der Waals surface area contributed by atoms with Crippen LogP contribution in [0.15, 0.2) is 30.3 Å². The van der Waals surface area contributed by atoms with Gasteiger partial charge >= 0.3 is 0 Å². The molecule has 4 heteroatoms. The molecule has 1 rings (SSSR count). The Morgan fingerprint density at radius 3 is 0.750 bits per heavy atom. The second-order valence-corrected chi connectivity index (χ2v) is 21.6. The second-order valence-electron chi connectivity index (χ2n) is 7.93. The minimum Gasteiger partial charge on any atom is -0.0708 e. The summed E-state index contributed by atoms with van der Waals surface area (Å²) < 4.78 is 0. The molecule has 28 heavy (non-hydrogen) atoms. The molecule has 1 aromatic rings. The predicted molar refractivity (Wildman–Crippen MR) is 152 cm³/mol. The third-order valence-electron chi connectivity index (χ3n) is 6.14. The van der Waals surface area contributed by atoms with Crippen molar-refractivity contribution in [1.29, 1.82) is 0 Å². The van der Waals surface area contributed by atoms with Crippen LogP contribution in [0.4, 0.5) is 0 Å². The predicted octanol–water partition coefficient (Wildman–Crippen LogP) is 6.50. The van der Waals surface area contributed by atoms with E-state index in [1.54, 1.807) is 0 Å². The molecule has 1 aromatic carbocycles. The van der Waals surface area contributed by atoms with Gasteiger partial charge in [-0.15, -0.1) is 0 Å².